The minimum atomic E-state index is -3.40. The molecule has 0 bridgehead atoms. The Morgan fingerprint density at radius 1 is 1.31 bits per heavy atom. The average molecular weight is 427 g/mol. The van der Waals surface area contributed by atoms with Crippen LogP contribution in [0.3, 0.4) is 0 Å². The number of nitrogens with zero attached hydrogens (tertiary/aromatic N) is 5. The summed E-state index contributed by atoms with van der Waals surface area (Å²) in [6, 6.07) is 2.18. The maximum Gasteiger partial charge on any atom is 0.220 e. The summed E-state index contributed by atoms with van der Waals surface area (Å²) in [5.41, 5.74) is 0.428. The minimum Gasteiger partial charge on any atom is -0.373 e. The van der Waals surface area contributed by atoms with Gasteiger partial charge in [0.25, 0.3) is 0 Å². The molecule has 2 unspecified atom stereocenters. The van der Waals surface area contributed by atoms with Crippen LogP contribution in [0.2, 0.25) is 0 Å². The lowest BCUT2D eigenvalue weighted by atomic mass is 10.2. The molecule has 0 radical (unpaired) electrons. The number of sulfonamides is 1. The molecule has 10 nitrogen and oxygen atoms in total. The zero-order chi connectivity index (χ0) is 20.3. The van der Waals surface area contributed by atoms with Crippen LogP contribution in [0.5, 0.6) is 0 Å². The van der Waals surface area contributed by atoms with Crippen molar-refractivity contribution in [2.24, 2.45) is 4.99 Å². The van der Waals surface area contributed by atoms with Crippen LogP contribution in [-0.2, 0) is 20.5 Å². The standard InChI is InChI=1S/C18H30N6O4S/c1-19-18(20-11-17-12-23-5-2-3-16(23)13-27-17)22-6-8-24(9-7-22)29(25,26)14-15-4-10-28-21-15/h4,10,16-17H,2-3,5-9,11-14H2,1H3,(H,19,20). The van der Waals surface area contributed by atoms with Crippen LogP contribution >= 0.6 is 0 Å². The third kappa shape index (κ3) is 4.90. The molecule has 3 fully saturated rings. The van der Waals surface area contributed by atoms with Gasteiger partial charge >= 0.3 is 0 Å². The summed E-state index contributed by atoms with van der Waals surface area (Å²) >= 11 is 0. The molecule has 0 saturated carbocycles. The van der Waals surface area contributed by atoms with E-state index in [1.54, 1.807) is 13.1 Å². The van der Waals surface area contributed by atoms with E-state index in [2.05, 4.69) is 25.3 Å². The second-order valence-corrected chi connectivity index (χ2v) is 9.78. The van der Waals surface area contributed by atoms with Crippen LogP contribution in [0.15, 0.2) is 21.8 Å². The normalized spacial score (nSPS) is 27.2. The van der Waals surface area contributed by atoms with Gasteiger partial charge in [0.2, 0.25) is 10.0 Å². The number of hydrogen-bond donors (Lipinski definition) is 1. The number of hydrogen-bond acceptors (Lipinski definition) is 7. The molecule has 3 saturated heterocycles. The number of guanidine groups is 1. The molecule has 0 aliphatic carbocycles. The number of morpholine rings is 1. The number of nitrogens with one attached hydrogen (secondary N) is 1. The highest BCUT2D eigenvalue weighted by molar-refractivity contribution is 7.88. The Morgan fingerprint density at radius 3 is 2.86 bits per heavy atom. The SMILES string of the molecule is CN=C(NCC1CN2CCCC2CO1)N1CCN(S(=O)(=O)Cc2ccon2)CC1. The Hall–Kier alpha value is -1.69. The summed E-state index contributed by atoms with van der Waals surface area (Å²) in [6.07, 6.45) is 4.05. The van der Waals surface area contributed by atoms with Gasteiger partial charge in [0.05, 0.1) is 18.4 Å². The first-order valence-electron chi connectivity index (χ1n) is 10.2. The number of piperazine rings is 1. The highest BCUT2D eigenvalue weighted by Gasteiger charge is 2.33. The molecule has 1 aromatic heterocycles. The van der Waals surface area contributed by atoms with Gasteiger partial charge < -0.3 is 19.5 Å². The van der Waals surface area contributed by atoms with E-state index in [9.17, 15) is 8.42 Å². The molecule has 29 heavy (non-hydrogen) atoms. The third-order valence-electron chi connectivity index (χ3n) is 5.91. The summed E-state index contributed by atoms with van der Waals surface area (Å²) in [6.45, 7) is 5.70. The van der Waals surface area contributed by atoms with Crippen molar-refractivity contribution in [1.82, 2.24) is 24.6 Å². The van der Waals surface area contributed by atoms with Gasteiger partial charge in [-0.05, 0) is 19.4 Å². The van der Waals surface area contributed by atoms with Crippen LogP contribution in [0, 0.1) is 0 Å². The van der Waals surface area contributed by atoms with Crippen molar-refractivity contribution in [1.29, 1.82) is 0 Å². The second-order valence-electron chi connectivity index (χ2n) is 7.81. The molecule has 2 atom stereocenters. The smallest absolute Gasteiger partial charge is 0.220 e. The quantitative estimate of drug-likeness (QED) is 0.499. The fourth-order valence-electron chi connectivity index (χ4n) is 4.31. The summed E-state index contributed by atoms with van der Waals surface area (Å²) in [4.78, 5) is 9.01. The van der Waals surface area contributed by atoms with Crippen molar-refractivity contribution in [3.63, 3.8) is 0 Å². The van der Waals surface area contributed by atoms with Gasteiger partial charge in [0, 0.05) is 58.4 Å². The highest BCUT2D eigenvalue weighted by Crippen LogP contribution is 2.22. The Balaban J connectivity index is 1.25. The first-order chi connectivity index (χ1) is 14.0. The van der Waals surface area contributed by atoms with Crippen LogP contribution in [0.4, 0.5) is 0 Å². The van der Waals surface area contributed by atoms with Crippen molar-refractivity contribution in [2.75, 3.05) is 59.5 Å². The zero-order valence-corrected chi connectivity index (χ0v) is 17.7. The molecule has 3 aliphatic rings. The van der Waals surface area contributed by atoms with Crippen molar-refractivity contribution in [3.8, 4) is 0 Å². The molecule has 0 amide bonds. The molecule has 1 aromatic rings. The first-order valence-corrected chi connectivity index (χ1v) is 11.8. The molecule has 1 N–H and O–H groups in total. The Kier molecular flexibility index (Phi) is 6.38. The van der Waals surface area contributed by atoms with Gasteiger partial charge in [-0.15, -0.1) is 0 Å². The van der Waals surface area contributed by atoms with Crippen molar-refractivity contribution in [2.45, 2.75) is 30.7 Å². The van der Waals surface area contributed by atoms with Gasteiger partial charge in [0.15, 0.2) is 5.96 Å². The minimum absolute atomic E-state index is 0.132. The van der Waals surface area contributed by atoms with Crippen molar-refractivity contribution < 1.29 is 17.7 Å². The predicted molar refractivity (Wildman–Crippen MR) is 108 cm³/mol. The van der Waals surface area contributed by atoms with E-state index >= 15 is 0 Å². The van der Waals surface area contributed by atoms with E-state index in [4.69, 9.17) is 9.26 Å². The lowest BCUT2D eigenvalue weighted by Gasteiger charge is -2.38. The fraction of sp³-hybridized carbons (Fsp3) is 0.778. The second kappa shape index (κ2) is 8.99. The van der Waals surface area contributed by atoms with Crippen LogP contribution in [0.25, 0.3) is 0 Å². The first kappa shape index (κ1) is 20.6. The number of aromatic nitrogens is 1. The lowest BCUT2D eigenvalue weighted by Crippen LogP contribution is -2.56. The highest BCUT2D eigenvalue weighted by atomic mass is 32.2. The predicted octanol–water partition coefficient (Wildman–Crippen LogP) is -0.439. The van der Waals surface area contributed by atoms with Crippen LogP contribution < -0.4 is 5.32 Å². The van der Waals surface area contributed by atoms with E-state index in [1.807, 2.05) is 0 Å². The lowest BCUT2D eigenvalue weighted by molar-refractivity contribution is -0.0455. The molecule has 11 heteroatoms. The van der Waals surface area contributed by atoms with E-state index in [1.165, 1.54) is 30.0 Å². The van der Waals surface area contributed by atoms with Gasteiger partial charge in [-0.25, -0.2) is 8.42 Å². The maximum absolute atomic E-state index is 12.6. The fourth-order valence-corrected chi connectivity index (χ4v) is 5.74. The molecule has 0 spiro atoms. The third-order valence-corrected chi connectivity index (χ3v) is 7.73. The van der Waals surface area contributed by atoms with Gasteiger partial charge in [0.1, 0.15) is 12.0 Å². The topological polar surface area (TPSA) is 104 Å². The van der Waals surface area contributed by atoms with E-state index in [0.29, 0.717) is 44.5 Å². The summed E-state index contributed by atoms with van der Waals surface area (Å²) in [7, 11) is -1.64. The monoisotopic (exact) mass is 426 g/mol. The molecule has 4 heterocycles. The van der Waals surface area contributed by atoms with E-state index < -0.39 is 10.0 Å². The molecule has 4 rings (SSSR count). The Bertz CT molecular complexity index is 791. The number of ether oxygens (including phenoxy) is 1. The number of aliphatic imine (C=N–C) groups is 1. The Labute approximate surface area is 171 Å². The van der Waals surface area contributed by atoms with Gasteiger partial charge in [-0.3, -0.25) is 9.89 Å². The average Bonchev–Trinajstić information content (AvgIpc) is 3.40. The summed E-state index contributed by atoms with van der Waals surface area (Å²) < 4.78 is 37.4. The summed E-state index contributed by atoms with van der Waals surface area (Å²) in [5.74, 6) is 0.665. The van der Waals surface area contributed by atoms with Crippen molar-refractivity contribution >= 4 is 16.0 Å². The Morgan fingerprint density at radius 2 is 2.14 bits per heavy atom. The van der Waals surface area contributed by atoms with Gasteiger partial charge in [-0.1, -0.05) is 5.16 Å². The van der Waals surface area contributed by atoms with E-state index in [0.717, 1.165) is 19.1 Å². The molecular formula is C18H30N6O4S. The molecular weight excluding hydrogens is 396 g/mol. The maximum atomic E-state index is 12.6. The molecule has 3 aliphatic heterocycles. The van der Waals surface area contributed by atoms with Crippen LogP contribution in [0.1, 0.15) is 18.5 Å². The molecule has 0 aromatic carbocycles. The van der Waals surface area contributed by atoms with E-state index in [-0.39, 0.29) is 11.9 Å². The van der Waals surface area contributed by atoms with Crippen molar-refractivity contribution in [3.05, 3.63) is 18.0 Å². The number of rotatable bonds is 5. The van der Waals surface area contributed by atoms with Crippen LogP contribution in [-0.4, -0.2) is 105 Å². The van der Waals surface area contributed by atoms with Gasteiger partial charge in [-0.2, -0.15) is 4.31 Å². The summed E-state index contributed by atoms with van der Waals surface area (Å²) in [5, 5.41) is 7.12. The molecule has 162 valence electrons. The largest absolute Gasteiger partial charge is 0.373 e. The zero-order valence-electron chi connectivity index (χ0n) is 16.9. The number of fused-ring (bicyclic) bond motifs is 1.